The van der Waals surface area contributed by atoms with E-state index in [0.717, 1.165) is 5.56 Å². The van der Waals surface area contributed by atoms with Crippen molar-refractivity contribution in [3.63, 3.8) is 0 Å². The number of benzene rings is 3. The minimum Gasteiger partial charge on any atom is -0.507 e. The van der Waals surface area contributed by atoms with E-state index in [1.165, 1.54) is 24.3 Å². The second-order valence-corrected chi connectivity index (χ2v) is 7.02. The first-order chi connectivity index (χ1) is 14.4. The number of oxazole rings is 1. The Morgan fingerprint density at radius 2 is 1.93 bits per heavy atom. The highest BCUT2D eigenvalue weighted by molar-refractivity contribution is 7.80. The number of anilines is 1. The quantitative estimate of drug-likeness (QED) is 0.326. The number of phenols is 1. The van der Waals surface area contributed by atoms with E-state index in [2.05, 4.69) is 15.6 Å². The van der Waals surface area contributed by atoms with Crippen LogP contribution in [0.1, 0.15) is 15.9 Å². The van der Waals surface area contributed by atoms with E-state index in [0.29, 0.717) is 22.4 Å². The number of aryl methyl sites for hydroxylation is 1. The molecule has 0 aliphatic rings. The summed E-state index contributed by atoms with van der Waals surface area (Å²) in [6.07, 6.45) is 0. The average Bonchev–Trinajstić information content (AvgIpc) is 3.12. The molecule has 0 radical (unpaired) electrons. The van der Waals surface area contributed by atoms with Crippen LogP contribution in [-0.2, 0) is 0 Å². The third-order valence-corrected chi connectivity index (χ3v) is 4.58. The summed E-state index contributed by atoms with van der Waals surface area (Å²) < 4.78 is 19.5. The van der Waals surface area contributed by atoms with Crippen LogP contribution in [0.3, 0.4) is 0 Å². The smallest absolute Gasteiger partial charge is 0.260 e. The predicted molar refractivity (Wildman–Crippen MR) is 116 cm³/mol. The Morgan fingerprint density at radius 1 is 1.13 bits per heavy atom. The van der Waals surface area contributed by atoms with Gasteiger partial charge in [-0.2, -0.15) is 0 Å². The molecule has 1 aromatic heterocycles. The van der Waals surface area contributed by atoms with Crippen LogP contribution in [0.5, 0.6) is 5.75 Å². The summed E-state index contributed by atoms with van der Waals surface area (Å²) in [4.78, 5) is 16.6. The molecule has 1 heterocycles. The number of rotatable bonds is 3. The number of carbonyl (C=O) groups is 1. The molecule has 0 fully saturated rings. The molecule has 30 heavy (non-hydrogen) atoms. The molecule has 0 atom stereocenters. The minimum atomic E-state index is -0.668. The number of nitrogens with zero attached hydrogens (tertiary/aromatic N) is 1. The lowest BCUT2D eigenvalue weighted by molar-refractivity contribution is 0.0974. The van der Waals surface area contributed by atoms with Gasteiger partial charge < -0.3 is 14.8 Å². The molecule has 4 rings (SSSR count). The number of phenolic OH excluding ortho intramolecular Hbond substituents is 1. The summed E-state index contributed by atoms with van der Waals surface area (Å²) in [6.45, 7) is 1.95. The topological polar surface area (TPSA) is 87.4 Å². The summed E-state index contributed by atoms with van der Waals surface area (Å²) in [5.74, 6) is -1.09. The first-order valence-corrected chi connectivity index (χ1v) is 9.39. The fourth-order valence-corrected chi connectivity index (χ4v) is 3.13. The lowest BCUT2D eigenvalue weighted by Crippen LogP contribution is -2.34. The summed E-state index contributed by atoms with van der Waals surface area (Å²) in [6, 6.07) is 15.8. The molecule has 0 saturated carbocycles. The Balaban J connectivity index is 1.54. The van der Waals surface area contributed by atoms with E-state index in [1.807, 2.05) is 25.1 Å². The maximum atomic E-state index is 13.7. The van der Waals surface area contributed by atoms with Gasteiger partial charge in [-0.25, -0.2) is 9.37 Å². The SMILES string of the molecule is Cc1ccc2oc(-c3cc(NC(=S)NC(=O)c4ccccc4F)ccc3O)nc2c1. The highest BCUT2D eigenvalue weighted by atomic mass is 32.1. The first-order valence-electron chi connectivity index (χ1n) is 8.98. The number of aromatic nitrogens is 1. The van der Waals surface area contributed by atoms with E-state index in [4.69, 9.17) is 16.6 Å². The molecular formula is C22H16FN3O3S. The van der Waals surface area contributed by atoms with Gasteiger partial charge in [-0.3, -0.25) is 10.1 Å². The van der Waals surface area contributed by atoms with Crippen molar-refractivity contribution >= 4 is 40.0 Å². The van der Waals surface area contributed by atoms with Crippen LogP contribution in [0.2, 0.25) is 0 Å². The van der Waals surface area contributed by atoms with Crippen molar-refractivity contribution in [3.05, 3.63) is 77.6 Å². The Bertz CT molecular complexity index is 1290. The number of fused-ring (bicyclic) bond motifs is 1. The number of hydrogen-bond acceptors (Lipinski definition) is 5. The summed E-state index contributed by atoms with van der Waals surface area (Å²) in [5.41, 5.74) is 3.04. The van der Waals surface area contributed by atoms with Gasteiger partial charge in [0.2, 0.25) is 5.89 Å². The predicted octanol–water partition coefficient (Wildman–Crippen LogP) is 4.77. The van der Waals surface area contributed by atoms with Gasteiger partial charge in [0, 0.05) is 5.69 Å². The van der Waals surface area contributed by atoms with E-state index in [-0.39, 0.29) is 22.3 Å². The maximum absolute atomic E-state index is 13.7. The zero-order chi connectivity index (χ0) is 21.3. The highest BCUT2D eigenvalue weighted by Gasteiger charge is 2.15. The van der Waals surface area contributed by atoms with Gasteiger partial charge in [0.15, 0.2) is 10.7 Å². The van der Waals surface area contributed by atoms with Crippen molar-refractivity contribution in [3.8, 4) is 17.2 Å². The van der Waals surface area contributed by atoms with Crippen LogP contribution in [0.25, 0.3) is 22.6 Å². The van der Waals surface area contributed by atoms with Crippen molar-refractivity contribution in [1.29, 1.82) is 0 Å². The highest BCUT2D eigenvalue weighted by Crippen LogP contribution is 2.33. The molecule has 0 saturated heterocycles. The van der Waals surface area contributed by atoms with Gasteiger partial charge in [0.05, 0.1) is 11.1 Å². The molecule has 8 heteroatoms. The maximum Gasteiger partial charge on any atom is 0.260 e. The normalized spacial score (nSPS) is 10.7. The molecular weight excluding hydrogens is 405 g/mol. The third kappa shape index (κ3) is 3.99. The van der Waals surface area contributed by atoms with Crippen LogP contribution in [0, 0.1) is 12.7 Å². The van der Waals surface area contributed by atoms with Crippen LogP contribution >= 0.6 is 12.2 Å². The molecule has 0 unspecified atom stereocenters. The zero-order valence-electron chi connectivity index (χ0n) is 15.8. The molecule has 3 N–H and O–H groups in total. The van der Waals surface area contributed by atoms with Gasteiger partial charge >= 0.3 is 0 Å². The van der Waals surface area contributed by atoms with Crippen molar-refractivity contribution in [2.45, 2.75) is 6.92 Å². The largest absolute Gasteiger partial charge is 0.507 e. The Morgan fingerprint density at radius 3 is 2.73 bits per heavy atom. The number of amides is 1. The lowest BCUT2D eigenvalue weighted by atomic mass is 10.1. The van der Waals surface area contributed by atoms with Crippen LogP contribution in [0.15, 0.2) is 65.1 Å². The number of carbonyl (C=O) groups excluding carboxylic acids is 1. The van der Waals surface area contributed by atoms with Crippen molar-refractivity contribution in [2.24, 2.45) is 0 Å². The Labute approximate surface area is 176 Å². The van der Waals surface area contributed by atoms with Crippen molar-refractivity contribution in [1.82, 2.24) is 10.3 Å². The van der Waals surface area contributed by atoms with Crippen LogP contribution in [0.4, 0.5) is 10.1 Å². The molecule has 0 bridgehead atoms. The number of hydrogen-bond donors (Lipinski definition) is 3. The number of aromatic hydroxyl groups is 1. The summed E-state index contributed by atoms with van der Waals surface area (Å²) >= 11 is 5.15. The zero-order valence-corrected chi connectivity index (χ0v) is 16.6. The van der Waals surface area contributed by atoms with Crippen LogP contribution in [-0.4, -0.2) is 21.1 Å². The number of nitrogens with one attached hydrogen (secondary N) is 2. The summed E-state index contributed by atoms with van der Waals surface area (Å²) in [5, 5.41) is 15.5. The fraction of sp³-hybridized carbons (Fsp3) is 0.0455. The van der Waals surface area contributed by atoms with E-state index < -0.39 is 11.7 Å². The molecule has 4 aromatic rings. The monoisotopic (exact) mass is 421 g/mol. The molecule has 6 nitrogen and oxygen atoms in total. The van der Waals surface area contributed by atoms with Gasteiger partial charge in [-0.15, -0.1) is 0 Å². The van der Waals surface area contributed by atoms with Gasteiger partial charge in [0.25, 0.3) is 5.91 Å². The molecule has 0 aliphatic heterocycles. The van der Waals surface area contributed by atoms with Gasteiger partial charge in [-0.05, 0) is 67.2 Å². The Hall–Kier alpha value is -3.78. The molecule has 150 valence electrons. The van der Waals surface area contributed by atoms with E-state index in [1.54, 1.807) is 18.2 Å². The van der Waals surface area contributed by atoms with Gasteiger partial charge in [0.1, 0.15) is 17.1 Å². The first kappa shape index (κ1) is 19.5. The summed E-state index contributed by atoms with van der Waals surface area (Å²) in [7, 11) is 0. The second-order valence-electron chi connectivity index (χ2n) is 6.61. The molecule has 1 amide bonds. The third-order valence-electron chi connectivity index (χ3n) is 4.37. The van der Waals surface area contributed by atoms with E-state index in [9.17, 15) is 14.3 Å². The number of halogens is 1. The molecule has 3 aromatic carbocycles. The van der Waals surface area contributed by atoms with Crippen LogP contribution < -0.4 is 10.6 Å². The lowest BCUT2D eigenvalue weighted by Gasteiger charge is -2.11. The van der Waals surface area contributed by atoms with Crippen molar-refractivity contribution < 1.29 is 18.7 Å². The average molecular weight is 421 g/mol. The van der Waals surface area contributed by atoms with E-state index >= 15 is 0 Å². The fourth-order valence-electron chi connectivity index (χ4n) is 2.92. The van der Waals surface area contributed by atoms with Gasteiger partial charge in [-0.1, -0.05) is 18.2 Å². The second kappa shape index (κ2) is 7.92. The number of thiocarbonyl (C=S) groups is 1. The standard InChI is InChI=1S/C22H16FN3O3S/c1-12-6-9-19-17(10-12)25-21(29-19)15-11-13(7-8-18(15)27)24-22(30)26-20(28)14-4-2-3-5-16(14)23/h2-11,27H,1H3,(H2,24,26,28,30). The molecule has 0 spiro atoms. The molecule has 0 aliphatic carbocycles. The minimum absolute atomic E-state index is 0.0203. The Kier molecular flexibility index (Phi) is 5.16. The van der Waals surface area contributed by atoms with Crippen molar-refractivity contribution in [2.75, 3.05) is 5.32 Å².